The number of aromatic nitrogens is 4. The van der Waals surface area contributed by atoms with Crippen molar-refractivity contribution in [2.24, 2.45) is 0 Å². The first-order valence-corrected chi connectivity index (χ1v) is 27.9. The van der Waals surface area contributed by atoms with Crippen molar-refractivity contribution in [2.45, 2.75) is 11.8 Å². The summed E-state index contributed by atoms with van der Waals surface area (Å²) in [7, 11) is 0. The Bertz CT molecular complexity index is 4760. The third-order valence-corrected chi connectivity index (χ3v) is 16.9. The van der Waals surface area contributed by atoms with Crippen molar-refractivity contribution in [2.75, 3.05) is 0 Å². The Labute approximate surface area is 472 Å². The fourth-order valence-electron chi connectivity index (χ4n) is 13.1. The molecule has 382 valence electrons. The zero-order valence-corrected chi connectivity index (χ0v) is 44.2. The lowest BCUT2D eigenvalue weighted by atomic mass is 9.60. The lowest BCUT2D eigenvalue weighted by molar-refractivity contribution is 0.669. The minimum absolute atomic E-state index is 0.0209. The van der Waals surface area contributed by atoms with Gasteiger partial charge in [-0.2, -0.15) is 0 Å². The maximum absolute atomic E-state index is 6.51. The van der Waals surface area contributed by atoms with E-state index in [-0.39, 0.29) is 11.8 Å². The van der Waals surface area contributed by atoms with Crippen molar-refractivity contribution in [3.05, 3.63) is 300 Å². The van der Waals surface area contributed by atoms with Crippen molar-refractivity contribution in [3.63, 3.8) is 0 Å². The highest BCUT2D eigenvalue weighted by atomic mass is 16.3. The number of nitrogens with zero attached hydrogens (tertiary/aromatic N) is 4. The standard InChI is InChI=1S/C76H46N4O2/c1-3-17-45(18-4-1)75-77-65(49-23-13-21-47(39-49)53-29-15-31-61-55-25-9-11-33-69(55)81-73(53)61)43-67(79-75)51-35-37-59-63(41-51)71-57-27-7-8-28-58(57)72(59)64-42-52(36-38-60(64)71)68-44-66(78-76(80-68)46-19-5-2-6-20-46)50-24-14-22-48(40-50)54-30-16-32-62-56-26-10-12-34-70(56)82-74(54)62/h1-44,71-72H. The normalized spacial score (nSPS) is 14.1. The number of para-hydroxylation sites is 4. The van der Waals surface area contributed by atoms with Gasteiger partial charge in [0.25, 0.3) is 0 Å². The van der Waals surface area contributed by atoms with Gasteiger partial charge in [0, 0.05) is 77.9 Å². The monoisotopic (exact) mass is 1050 g/mol. The number of hydrogen-bond acceptors (Lipinski definition) is 6. The molecule has 4 heterocycles. The molecule has 15 aromatic rings. The molecule has 0 N–H and O–H groups in total. The molecule has 0 saturated heterocycles. The number of furan rings is 2. The second kappa shape index (κ2) is 18.4. The molecule has 0 fully saturated rings. The SMILES string of the molecule is c1ccc(-c2nc(-c3cccc(-c4cccc5c4oc4ccccc45)c3)cc(-c3ccc4c(c3)C3c5ccccc5C4c4cc(-c5cc(-c6cccc(-c7cccc8c7oc7ccccc78)c6)nc(-c6ccccc6)n5)ccc43)n2)cc1. The van der Waals surface area contributed by atoms with E-state index in [0.29, 0.717) is 11.6 Å². The van der Waals surface area contributed by atoms with E-state index >= 15 is 0 Å². The molecule has 0 spiro atoms. The third-order valence-electron chi connectivity index (χ3n) is 16.9. The maximum Gasteiger partial charge on any atom is 0.160 e. The molecule has 4 aromatic heterocycles. The van der Waals surface area contributed by atoms with Crippen LogP contribution in [0.3, 0.4) is 0 Å². The average Bonchev–Trinajstić information content (AvgIpc) is 3.97. The Morgan fingerprint density at radius 1 is 0.232 bits per heavy atom. The molecule has 2 bridgehead atoms. The molecule has 82 heavy (non-hydrogen) atoms. The first kappa shape index (κ1) is 46.1. The van der Waals surface area contributed by atoms with Crippen molar-refractivity contribution in [1.29, 1.82) is 0 Å². The molecule has 0 aliphatic heterocycles. The molecule has 0 amide bonds. The minimum Gasteiger partial charge on any atom is -0.455 e. The number of benzene rings is 11. The van der Waals surface area contributed by atoms with Crippen LogP contribution in [0.15, 0.2) is 276 Å². The highest BCUT2D eigenvalue weighted by molar-refractivity contribution is 6.11. The van der Waals surface area contributed by atoms with Crippen molar-refractivity contribution in [3.8, 4) is 90.1 Å². The second-order valence-corrected chi connectivity index (χ2v) is 21.6. The molecular weight excluding hydrogens is 1000 g/mol. The van der Waals surface area contributed by atoms with Crippen LogP contribution < -0.4 is 0 Å². The Kier molecular flexibility index (Phi) is 10.3. The fraction of sp³-hybridized carbons (Fsp3) is 0.0263. The van der Waals surface area contributed by atoms with E-state index in [1.165, 1.54) is 33.4 Å². The quantitative estimate of drug-likeness (QED) is 0.151. The first-order valence-electron chi connectivity index (χ1n) is 27.9. The molecule has 3 aliphatic rings. The van der Waals surface area contributed by atoms with Crippen LogP contribution in [0.2, 0.25) is 0 Å². The Balaban J connectivity index is 0.765. The van der Waals surface area contributed by atoms with E-state index in [1.54, 1.807) is 0 Å². The third kappa shape index (κ3) is 7.42. The van der Waals surface area contributed by atoms with Crippen LogP contribution in [0.1, 0.15) is 45.2 Å². The van der Waals surface area contributed by atoms with Crippen LogP contribution in [0, 0.1) is 0 Å². The molecule has 0 radical (unpaired) electrons. The molecular formula is C76H46N4O2. The van der Waals surface area contributed by atoms with Gasteiger partial charge in [-0.25, -0.2) is 19.9 Å². The van der Waals surface area contributed by atoms with E-state index in [4.69, 9.17) is 28.8 Å². The first-order chi connectivity index (χ1) is 40.6. The van der Waals surface area contributed by atoms with Crippen LogP contribution in [-0.4, -0.2) is 19.9 Å². The number of rotatable bonds is 8. The van der Waals surface area contributed by atoms with Crippen molar-refractivity contribution < 1.29 is 8.83 Å². The van der Waals surface area contributed by atoms with Gasteiger partial charge < -0.3 is 8.83 Å². The summed E-state index contributed by atoms with van der Waals surface area (Å²) in [6.07, 6.45) is 0. The Morgan fingerprint density at radius 2 is 0.573 bits per heavy atom. The molecule has 18 rings (SSSR count). The molecule has 2 atom stereocenters. The summed E-state index contributed by atoms with van der Waals surface area (Å²) < 4.78 is 13.0. The topological polar surface area (TPSA) is 77.8 Å². The fourth-order valence-corrected chi connectivity index (χ4v) is 13.1. The van der Waals surface area contributed by atoms with E-state index in [9.17, 15) is 0 Å². The molecule has 6 nitrogen and oxygen atoms in total. The lowest BCUT2D eigenvalue weighted by Crippen LogP contribution is -2.27. The van der Waals surface area contributed by atoms with E-state index in [1.807, 2.05) is 60.7 Å². The van der Waals surface area contributed by atoms with E-state index in [2.05, 4.69) is 206 Å². The van der Waals surface area contributed by atoms with Gasteiger partial charge in [0.1, 0.15) is 22.3 Å². The molecule has 6 heteroatoms. The van der Waals surface area contributed by atoms with Gasteiger partial charge >= 0.3 is 0 Å². The van der Waals surface area contributed by atoms with Gasteiger partial charge in [0.2, 0.25) is 0 Å². The van der Waals surface area contributed by atoms with Crippen LogP contribution in [0.25, 0.3) is 134 Å². The van der Waals surface area contributed by atoms with Gasteiger partial charge in [-0.05, 0) is 93.0 Å². The predicted octanol–water partition coefficient (Wildman–Crippen LogP) is 19.4. The molecule has 0 saturated carbocycles. The maximum atomic E-state index is 6.51. The second-order valence-electron chi connectivity index (χ2n) is 21.6. The van der Waals surface area contributed by atoms with Gasteiger partial charge in [-0.1, -0.05) is 218 Å². The van der Waals surface area contributed by atoms with Gasteiger partial charge in [0.05, 0.1) is 22.8 Å². The summed E-state index contributed by atoms with van der Waals surface area (Å²) in [5, 5.41) is 4.43. The van der Waals surface area contributed by atoms with E-state index in [0.717, 1.165) is 122 Å². The van der Waals surface area contributed by atoms with Gasteiger partial charge in [-0.3, -0.25) is 0 Å². The summed E-state index contributed by atoms with van der Waals surface area (Å²) >= 11 is 0. The van der Waals surface area contributed by atoms with Crippen LogP contribution >= 0.6 is 0 Å². The lowest BCUT2D eigenvalue weighted by Gasteiger charge is -2.42. The summed E-state index contributed by atoms with van der Waals surface area (Å²) in [6.45, 7) is 0. The predicted molar refractivity (Wildman–Crippen MR) is 330 cm³/mol. The Morgan fingerprint density at radius 3 is 1.02 bits per heavy atom. The Hall–Kier alpha value is -10.8. The van der Waals surface area contributed by atoms with Crippen molar-refractivity contribution in [1.82, 2.24) is 19.9 Å². The van der Waals surface area contributed by atoms with Crippen LogP contribution in [0.4, 0.5) is 0 Å². The number of hydrogen-bond donors (Lipinski definition) is 0. The largest absolute Gasteiger partial charge is 0.455 e. The van der Waals surface area contributed by atoms with Crippen molar-refractivity contribution >= 4 is 43.9 Å². The minimum atomic E-state index is 0.0209. The molecule has 3 aliphatic carbocycles. The summed E-state index contributed by atoms with van der Waals surface area (Å²) in [5.74, 6) is 1.40. The van der Waals surface area contributed by atoms with Crippen LogP contribution in [-0.2, 0) is 0 Å². The molecule has 11 aromatic carbocycles. The molecule has 2 unspecified atom stereocenters. The van der Waals surface area contributed by atoms with E-state index < -0.39 is 0 Å². The highest BCUT2D eigenvalue weighted by Gasteiger charge is 2.41. The zero-order chi connectivity index (χ0) is 53.8. The summed E-state index contributed by atoms with van der Waals surface area (Å²) in [4.78, 5) is 21.3. The number of fused-ring (bicyclic) bond motifs is 6. The van der Waals surface area contributed by atoms with Crippen LogP contribution in [0.5, 0.6) is 0 Å². The zero-order valence-electron chi connectivity index (χ0n) is 44.2. The van der Waals surface area contributed by atoms with Gasteiger partial charge in [-0.15, -0.1) is 0 Å². The summed E-state index contributed by atoms with van der Waals surface area (Å²) in [5.41, 5.74) is 25.1. The van der Waals surface area contributed by atoms with Gasteiger partial charge in [0.15, 0.2) is 11.6 Å². The summed E-state index contributed by atoms with van der Waals surface area (Å²) in [6, 6.07) is 94.5. The highest BCUT2D eigenvalue weighted by Crippen LogP contribution is 2.57. The average molecular weight is 1050 g/mol. The smallest absolute Gasteiger partial charge is 0.160 e.